The molecule has 1 aromatic carbocycles. The summed E-state index contributed by atoms with van der Waals surface area (Å²) in [5.41, 5.74) is 0.511. The number of alkyl carbamates (subject to hydrolysis) is 1. The first kappa shape index (κ1) is 12.0. The van der Waals surface area contributed by atoms with Gasteiger partial charge in [0.05, 0.1) is 20.8 Å². The van der Waals surface area contributed by atoms with E-state index in [1.54, 1.807) is 31.4 Å². The van der Waals surface area contributed by atoms with Crippen LogP contribution in [-0.2, 0) is 4.74 Å². The molecule has 1 aromatic rings. The Hall–Kier alpha value is -2.04. The first-order valence-electron chi connectivity index (χ1n) is 4.66. The lowest BCUT2D eigenvalue weighted by Gasteiger charge is -2.04. The lowest BCUT2D eigenvalue weighted by atomic mass is 10.1. The van der Waals surface area contributed by atoms with Gasteiger partial charge in [0.2, 0.25) is 0 Å². The standard InChI is InChI=1S/C11H13NO4/c1-15-9-5-3-8(4-6-9)10(13)7-12-11(14)16-2/h3-6H,7H2,1-2H3,(H,12,14). The Kier molecular flexibility index (Phi) is 4.32. The van der Waals surface area contributed by atoms with Gasteiger partial charge in [0, 0.05) is 5.56 Å². The predicted molar refractivity (Wildman–Crippen MR) is 57.7 cm³/mol. The third-order valence-corrected chi connectivity index (χ3v) is 1.99. The van der Waals surface area contributed by atoms with Gasteiger partial charge in [0.1, 0.15) is 5.75 Å². The molecule has 1 N–H and O–H groups in total. The summed E-state index contributed by atoms with van der Waals surface area (Å²) in [6, 6.07) is 6.65. The van der Waals surface area contributed by atoms with Crippen molar-refractivity contribution in [1.82, 2.24) is 5.32 Å². The second-order valence-corrected chi connectivity index (χ2v) is 3.00. The molecule has 0 aromatic heterocycles. The molecule has 16 heavy (non-hydrogen) atoms. The fourth-order valence-corrected chi connectivity index (χ4v) is 1.10. The molecule has 0 saturated heterocycles. The van der Waals surface area contributed by atoms with Crippen LogP contribution in [0.5, 0.6) is 5.75 Å². The van der Waals surface area contributed by atoms with Crippen molar-refractivity contribution in [2.75, 3.05) is 20.8 Å². The number of carbonyl (C=O) groups is 2. The minimum absolute atomic E-state index is 0.0843. The Labute approximate surface area is 93.4 Å². The smallest absolute Gasteiger partial charge is 0.407 e. The van der Waals surface area contributed by atoms with Crippen LogP contribution in [0.25, 0.3) is 0 Å². The van der Waals surface area contributed by atoms with Crippen LogP contribution in [0.3, 0.4) is 0 Å². The zero-order chi connectivity index (χ0) is 12.0. The van der Waals surface area contributed by atoms with E-state index in [2.05, 4.69) is 10.1 Å². The predicted octanol–water partition coefficient (Wildman–Crippen LogP) is 1.23. The number of nitrogens with one attached hydrogen (secondary N) is 1. The summed E-state index contributed by atoms with van der Waals surface area (Å²) < 4.78 is 9.31. The number of Topliss-reactive ketones (excluding diaryl/α,β-unsaturated/α-hetero) is 1. The zero-order valence-corrected chi connectivity index (χ0v) is 9.15. The van der Waals surface area contributed by atoms with Gasteiger partial charge in [0.15, 0.2) is 5.78 Å². The largest absolute Gasteiger partial charge is 0.497 e. The van der Waals surface area contributed by atoms with E-state index in [0.29, 0.717) is 11.3 Å². The average Bonchev–Trinajstić information content (AvgIpc) is 2.35. The molecule has 0 unspecified atom stereocenters. The number of ketones is 1. The first-order valence-corrected chi connectivity index (χ1v) is 4.66. The molecule has 5 nitrogen and oxygen atoms in total. The maximum Gasteiger partial charge on any atom is 0.407 e. The number of hydrogen-bond acceptors (Lipinski definition) is 4. The Balaban J connectivity index is 2.56. The van der Waals surface area contributed by atoms with E-state index in [1.807, 2.05) is 0 Å². The maximum atomic E-state index is 11.6. The van der Waals surface area contributed by atoms with Crippen LogP contribution in [0, 0.1) is 0 Å². The van der Waals surface area contributed by atoms with Crippen molar-refractivity contribution in [3.05, 3.63) is 29.8 Å². The molecule has 0 aliphatic heterocycles. The Morgan fingerprint density at radius 3 is 2.31 bits per heavy atom. The monoisotopic (exact) mass is 223 g/mol. The molecule has 1 rings (SSSR count). The van der Waals surface area contributed by atoms with Gasteiger partial charge < -0.3 is 14.8 Å². The number of hydrogen-bond donors (Lipinski definition) is 1. The molecule has 0 spiro atoms. The molecule has 0 heterocycles. The van der Waals surface area contributed by atoms with E-state index < -0.39 is 6.09 Å². The van der Waals surface area contributed by atoms with Gasteiger partial charge in [-0.05, 0) is 24.3 Å². The SMILES string of the molecule is COC(=O)NCC(=O)c1ccc(OC)cc1. The van der Waals surface area contributed by atoms with Crippen molar-refractivity contribution >= 4 is 11.9 Å². The van der Waals surface area contributed by atoms with Gasteiger partial charge in [-0.15, -0.1) is 0 Å². The molecular weight excluding hydrogens is 210 g/mol. The highest BCUT2D eigenvalue weighted by molar-refractivity contribution is 5.98. The van der Waals surface area contributed by atoms with Gasteiger partial charge in [-0.3, -0.25) is 4.79 Å². The number of carbonyl (C=O) groups excluding carboxylic acids is 2. The van der Waals surface area contributed by atoms with Crippen molar-refractivity contribution in [3.63, 3.8) is 0 Å². The number of amides is 1. The highest BCUT2D eigenvalue weighted by Gasteiger charge is 2.07. The maximum absolute atomic E-state index is 11.6. The summed E-state index contributed by atoms with van der Waals surface area (Å²) >= 11 is 0. The van der Waals surface area contributed by atoms with Crippen molar-refractivity contribution in [1.29, 1.82) is 0 Å². The van der Waals surface area contributed by atoms with E-state index in [0.717, 1.165) is 0 Å². The zero-order valence-electron chi connectivity index (χ0n) is 9.15. The van der Waals surface area contributed by atoms with Gasteiger partial charge in [-0.2, -0.15) is 0 Å². The van der Waals surface area contributed by atoms with Gasteiger partial charge in [-0.1, -0.05) is 0 Å². The van der Waals surface area contributed by atoms with Gasteiger partial charge >= 0.3 is 6.09 Å². The molecule has 5 heteroatoms. The second-order valence-electron chi connectivity index (χ2n) is 3.00. The number of benzene rings is 1. The summed E-state index contributed by atoms with van der Waals surface area (Å²) in [6.07, 6.45) is -0.623. The van der Waals surface area contributed by atoms with E-state index in [9.17, 15) is 9.59 Å². The number of methoxy groups -OCH3 is 2. The third-order valence-electron chi connectivity index (χ3n) is 1.99. The van der Waals surface area contributed by atoms with Crippen molar-refractivity contribution in [2.45, 2.75) is 0 Å². The Morgan fingerprint density at radius 1 is 1.19 bits per heavy atom. The topological polar surface area (TPSA) is 64.6 Å². The van der Waals surface area contributed by atoms with Crippen LogP contribution >= 0.6 is 0 Å². The van der Waals surface area contributed by atoms with Crippen LogP contribution in [0.4, 0.5) is 4.79 Å². The van der Waals surface area contributed by atoms with E-state index in [4.69, 9.17) is 4.74 Å². The average molecular weight is 223 g/mol. The first-order chi connectivity index (χ1) is 7.67. The van der Waals surface area contributed by atoms with Crippen LogP contribution in [-0.4, -0.2) is 32.6 Å². The molecule has 0 saturated carbocycles. The molecule has 0 aliphatic carbocycles. The highest BCUT2D eigenvalue weighted by Crippen LogP contribution is 2.11. The van der Waals surface area contributed by atoms with Gasteiger partial charge in [-0.25, -0.2) is 4.79 Å². The quantitative estimate of drug-likeness (QED) is 0.780. The summed E-state index contributed by atoms with van der Waals surface area (Å²) in [6.45, 7) is -0.0843. The minimum Gasteiger partial charge on any atom is -0.497 e. The number of rotatable bonds is 4. The second kappa shape index (κ2) is 5.75. The summed E-state index contributed by atoms with van der Waals surface area (Å²) in [5, 5.41) is 2.32. The fourth-order valence-electron chi connectivity index (χ4n) is 1.10. The van der Waals surface area contributed by atoms with Crippen molar-refractivity contribution in [3.8, 4) is 5.75 Å². The Bertz CT molecular complexity index is 372. The van der Waals surface area contributed by atoms with E-state index in [-0.39, 0.29) is 12.3 Å². The molecule has 86 valence electrons. The molecule has 1 amide bonds. The van der Waals surface area contributed by atoms with Crippen LogP contribution < -0.4 is 10.1 Å². The third kappa shape index (κ3) is 3.27. The van der Waals surface area contributed by atoms with Crippen LogP contribution in [0.15, 0.2) is 24.3 Å². The lowest BCUT2D eigenvalue weighted by molar-refractivity contribution is 0.0983. The fraction of sp³-hybridized carbons (Fsp3) is 0.273. The Morgan fingerprint density at radius 2 is 1.81 bits per heavy atom. The van der Waals surface area contributed by atoms with Crippen molar-refractivity contribution in [2.24, 2.45) is 0 Å². The minimum atomic E-state index is -0.623. The van der Waals surface area contributed by atoms with Crippen molar-refractivity contribution < 1.29 is 19.1 Å². The summed E-state index contributed by atoms with van der Waals surface area (Å²) in [4.78, 5) is 22.3. The molecule has 0 bridgehead atoms. The number of ether oxygens (including phenoxy) is 2. The molecule has 0 aliphatic rings. The van der Waals surface area contributed by atoms with E-state index in [1.165, 1.54) is 7.11 Å². The summed E-state index contributed by atoms with van der Waals surface area (Å²) in [5.74, 6) is 0.491. The van der Waals surface area contributed by atoms with E-state index >= 15 is 0 Å². The molecule has 0 atom stereocenters. The van der Waals surface area contributed by atoms with Crippen LogP contribution in [0.1, 0.15) is 10.4 Å². The lowest BCUT2D eigenvalue weighted by Crippen LogP contribution is -2.29. The summed E-state index contributed by atoms with van der Waals surface area (Å²) in [7, 11) is 2.79. The molecule has 0 fully saturated rings. The molecule has 0 radical (unpaired) electrons. The normalized spacial score (nSPS) is 9.38. The highest BCUT2D eigenvalue weighted by atomic mass is 16.5. The van der Waals surface area contributed by atoms with Crippen LogP contribution in [0.2, 0.25) is 0 Å². The molecular formula is C11H13NO4. The van der Waals surface area contributed by atoms with Gasteiger partial charge in [0.25, 0.3) is 0 Å².